The molecule has 70 valence electrons. The lowest BCUT2D eigenvalue weighted by molar-refractivity contribution is 0.269. The van der Waals surface area contributed by atoms with Crippen molar-refractivity contribution in [3.63, 3.8) is 0 Å². The largest absolute Gasteiger partial charge is 0.493 e. The molecule has 1 aliphatic rings. The van der Waals surface area contributed by atoms with Crippen molar-refractivity contribution in [3.05, 3.63) is 23.8 Å². The first kappa shape index (κ1) is 8.38. The van der Waals surface area contributed by atoms with E-state index in [2.05, 4.69) is 0 Å². The zero-order valence-corrected chi connectivity index (χ0v) is 7.49. The normalized spacial score (nSPS) is 20.5. The van der Waals surface area contributed by atoms with Crippen molar-refractivity contribution >= 4 is 5.69 Å². The third-order valence-electron chi connectivity index (χ3n) is 2.49. The lowest BCUT2D eigenvalue weighted by Gasteiger charge is -2.24. The Bertz CT molecular complexity index is 312. The number of ether oxygens (including phenoxy) is 1. The highest BCUT2D eigenvalue weighted by molar-refractivity contribution is 5.50. The molecule has 3 nitrogen and oxygen atoms in total. The SMILES string of the molecule is NCC1CCOc2cc(N)ccc21. The summed E-state index contributed by atoms with van der Waals surface area (Å²) in [7, 11) is 0. The standard InChI is InChI=1S/C10H14N2O/c11-6-7-3-4-13-10-5-8(12)1-2-9(7)10/h1-2,5,7H,3-4,6,11-12H2. The fraction of sp³-hybridized carbons (Fsp3) is 0.400. The Morgan fingerprint density at radius 2 is 2.31 bits per heavy atom. The Hall–Kier alpha value is -1.22. The molecule has 0 spiro atoms. The number of anilines is 1. The summed E-state index contributed by atoms with van der Waals surface area (Å²) >= 11 is 0. The number of hydrogen-bond acceptors (Lipinski definition) is 3. The van der Waals surface area contributed by atoms with E-state index in [1.807, 2.05) is 18.2 Å². The predicted molar refractivity (Wildman–Crippen MR) is 52.8 cm³/mol. The van der Waals surface area contributed by atoms with E-state index < -0.39 is 0 Å². The summed E-state index contributed by atoms with van der Waals surface area (Å²) in [6.45, 7) is 1.43. The van der Waals surface area contributed by atoms with Gasteiger partial charge in [0.2, 0.25) is 0 Å². The molecule has 0 aromatic heterocycles. The van der Waals surface area contributed by atoms with Crippen molar-refractivity contribution in [2.24, 2.45) is 5.73 Å². The highest BCUT2D eigenvalue weighted by Crippen LogP contribution is 2.34. The molecule has 2 rings (SSSR count). The molecule has 1 aromatic rings. The van der Waals surface area contributed by atoms with Crippen molar-refractivity contribution < 1.29 is 4.74 Å². The van der Waals surface area contributed by atoms with E-state index in [0.717, 1.165) is 24.5 Å². The average Bonchev–Trinajstić information content (AvgIpc) is 2.16. The van der Waals surface area contributed by atoms with Crippen LogP contribution in [0.2, 0.25) is 0 Å². The van der Waals surface area contributed by atoms with Crippen molar-refractivity contribution in [1.82, 2.24) is 0 Å². The van der Waals surface area contributed by atoms with E-state index in [-0.39, 0.29) is 0 Å². The molecule has 0 amide bonds. The number of nitrogen functional groups attached to an aromatic ring is 1. The summed E-state index contributed by atoms with van der Waals surface area (Å²) < 4.78 is 5.50. The van der Waals surface area contributed by atoms with E-state index in [9.17, 15) is 0 Å². The second kappa shape index (κ2) is 3.26. The smallest absolute Gasteiger partial charge is 0.124 e. The Labute approximate surface area is 77.7 Å². The van der Waals surface area contributed by atoms with Crippen LogP contribution in [0.15, 0.2) is 18.2 Å². The molecule has 0 fully saturated rings. The summed E-state index contributed by atoms with van der Waals surface area (Å²) in [5.74, 6) is 1.34. The van der Waals surface area contributed by atoms with Gasteiger partial charge in [-0.05, 0) is 24.6 Å². The molecule has 1 unspecified atom stereocenters. The quantitative estimate of drug-likeness (QED) is 0.633. The van der Waals surface area contributed by atoms with Crippen molar-refractivity contribution in [1.29, 1.82) is 0 Å². The van der Waals surface area contributed by atoms with E-state index in [0.29, 0.717) is 12.5 Å². The van der Waals surface area contributed by atoms with Gasteiger partial charge in [0, 0.05) is 17.7 Å². The minimum absolute atomic E-state index is 0.435. The van der Waals surface area contributed by atoms with E-state index in [1.54, 1.807) is 0 Å². The molecule has 0 aliphatic carbocycles. The van der Waals surface area contributed by atoms with E-state index in [4.69, 9.17) is 16.2 Å². The maximum atomic E-state index is 5.67. The van der Waals surface area contributed by atoms with Gasteiger partial charge in [0.05, 0.1) is 6.61 Å². The number of benzene rings is 1. The number of nitrogens with two attached hydrogens (primary N) is 2. The molecule has 0 radical (unpaired) electrons. The average molecular weight is 178 g/mol. The van der Waals surface area contributed by atoms with E-state index in [1.165, 1.54) is 5.56 Å². The zero-order valence-electron chi connectivity index (χ0n) is 7.49. The molecule has 3 heteroatoms. The van der Waals surface area contributed by atoms with Crippen LogP contribution in [-0.4, -0.2) is 13.2 Å². The van der Waals surface area contributed by atoms with Crippen LogP contribution >= 0.6 is 0 Å². The molecule has 1 atom stereocenters. The van der Waals surface area contributed by atoms with Gasteiger partial charge >= 0.3 is 0 Å². The van der Waals surface area contributed by atoms with Gasteiger partial charge in [0.15, 0.2) is 0 Å². The van der Waals surface area contributed by atoms with E-state index >= 15 is 0 Å². The Balaban J connectivity index is 2.40. The maximum Gasteiger partial charge on any atom is 0.124 e. The van der Waals surface area contributed by atoms with Crippen LogP contribution in [0, 0.1) is 0 Å². The van der Waals surface area contributed by atoms with Crippen LogP contribution < -0.4 is 16.2 Å². The monoisotopic (exact) mass is 178 g/mol. The first-order chi connectivity index (χ1) is 6.31. The molecule has 13 heavy (non-hydrogen) atoms. The molecule has 1 aliphatic heterocycles. The van der Waals surface area contributed by atoms with Crippen LogP contribution in [-0.2, 0) is 0 Å². The van der Waals surface area contributed by atoms with Crippen LogP contribution in [0.4, 0.5) is 5.69 Å². The molecule has 1 heterocycles. The second-order valence-corrected chi connectivity index (χ2v) is 3.37. The summed E-state index contributed by atoms with van der Waals surface area (Å²) in [5.41, 5.74) is 13.3. The fourth-order valence-electron chi connectivity index (χ4n) is 1.72. The molecule has 0 bridgehead atoms. The topological polar surface area (TPSA) is 61.3 Å². The number of rotatable bonds is 1. The molecule has 4 N–H and O–H groups in total. The van der Waals surface area contributed by atoms with Crippen LogP contribution in [0.1, 0.15) is 17.9 Å². The number of hydrogen-bond donors (Lipinski definition) is 2. The summed E-state index contributed by atoms with van der Waals surface area (Å²) in [6.07, 6.45) is 1.01. The summed E-state index contributed by atoms with van der Waals surface area (Å²) in [6, 6.07) is 5.79. The Morgan fingerprint density at radius 3 is 3.08 bits per heavy atom. The van der Waals surface area contributed by atoms with Gasteiger partial charge in [-0.15, -0.1) is 0 Å². The second-order valence-electron chi connectivity index (χ2n) is 3.37. The first-order valence-electron chi connectivity index (χ1n) is 4.53. The molecule has 0 saturated carbocycles. The molecular weight excluding hydrogens is 164 g/mol. The molecule has 0 saturated heterocycles. The minimum atomic E-state index is 0.435. The highest BCUT2D eigenvalue weighted by atomic mass is 16.5. The van der Waals surface area contributed by atoms with Crippen LogP contribution in [0.3, 0.4) is 0 Å². The van der Waals surface area contributed by atoms with Crippen molar-refractivity contribution in [2.75, 3.05) is 18.9 Å². The Kier molecular flexibility index (Phi) is 2.10. The van der Waals surface area contributed by atoms with Gasteiger partial charge in [-0.3, -0.25) is 0 Å². The lowest BCUT2D eigenvalue weighted by Crippen LogP contribution is -2.20. The van der Waals surface area contributed by atoms with Gasteiger partial charge in [-0.25, -0.2) is 0 Å². The third kappa shape index (κ3) is 1.47. The van der Waals surface area contributed by atoms with Crippen LogP contribution in [0.25, 0.3) is 0 Å². The van der Waals surface area contributed by atoms with Crippen LogP contribution in [0.5, 0.6) is 5.75 Å². The zero-order chi connectivity index (χ0) is 9.26. The fourth-order valence-corrected chi connectivity index (χ4v) is 1.72. The highest BCUT2D eigenvalue weighted by Gasteiger charge is 2.19. The first-order valence-corrected chi connectivity index (χ1v) is 4.53. The van der Waals surface area contributed by atoms with Gasteiger partial charge in [0.25, 0.3) is 0 Å². The Morgan fingerprint density at radius 1 is 1.46 bits per heavy atom. The van der Waals surface area contributed by atoms with Gasteiger partial charge < -0.3 is 16.2 Å². The third-order valence-corrected chi connectivity index (χ3v) is 2.49. The number of fused-ring (bicyclic) bond motifs is 1. The minimum Gasteiger partial charge on any atom is -0.493 e. The summed E-state index contributed by atoms with van der Waals surface area (Å²) in [4.78, 5) is 0. The van der Waals surface area contributed by atoms with Gasteiger partial charge in [-0.2, -0.15) is 0 Å². The summed E-state index contributed by atoms with van der Waals surface area (Å²) in [5, 5.41) is 0. The predicted octanol–water partition coefficient (Wildman–Crippen LogP) is 1.09. The van der Waals surface area contributed by atoms with Crippen molar-refractivity contribution in [2.45, 2.75) is 12.3 Å². The molecule has 1 aromatic carbocycles. The van der Waals surface area contributed by atoms with Crippen molar-refractivity contribution in [3.8, 4) is 5.75 Å². The maximum absolute atomic E-state index is 5.67. The lowest BCUT2D eigenvalue weighted by atomic mass is 9.93. The molecular formula is C10H14N2O. The van der Waals surface area contributed by atoms with Gasteiger partial charge in [0.1, 0.15) is 5.75 Å². The van der Waals surface area contributed by atoms with Gasteiger partial charge in [-0.1, -0.05) is 6.07 Å².